The van der Waals surface area contributed by atoms with Crippen molar-refractivity contribution in [2.24, 2.45) is 0 Å². The van der Waals surface area contributed by atoms with Crippen LogP contribution in [0.5, 0.6) is 0 Å². The molecule has 2 N–H and O–H groups in total. The van der Waals surface area contributed by atoms with Crippen LogP contribution in [0.2, 0.25) is 0 Å². The number of rotatable bonds is 3. The van der Waals surface area contributed by atoms with Crippen molar-refractivity contribution >= 4 is 17.3 Å². The summed E-state index contributed by atoms with van der Waals surface area (Å²) in [7, 11) is 0. The predicted octanol–water partition coefficient (Wildman–Crippen LogP) is 3.85. The van der Waals surface area contributed by atoms with Crippen molar-refractivity contribution in [2.45, 2.75) is 6.92 Å². The number of anilines is 2. The van der Waals surface area contributed by atoms with Gasteiger partial charge in [-0.15, -0.1) is 0 Å². The van der Waals surface area contributed by atoms with E-state index in [1.807, 2.05) is 0 Å². The molecule has 0 saturated carbocycles. The summed E-state index contributed by atoms with van der Waals surface area (Å²) in [6, 6.07) is 5.40. The van der Waals surface area contributed by atoms with Gasteiger partial charge in [0.1, 0.15) is 11.5 Å². The summed E-state index contributed by atoms with van der Waals surface area (Å²) in [6.07, 6.45) is 0. The zero-order chi connectivity index (χ0) is 14.9. The van der Waals surface area contributed by atoms with Crippen LogP contribution in [0.3, 0.4) is 0 Å². The van der Waals surface area contributed by atoms with Crippen LogP contribution in [0.1, 0.15) is 15.9 Å². The van der Waals surface area contributed by atoms with E-state index in [9.17, 15) is 18.0 Å². The van der Waals surface area contributed by atoms with Crippen molar-refractivity contribution in [3.05, 3.63) is 58.9 Å². The molecule has 0 atom stereocenters. The quantitative estimate of drug-likeness (QED) is 0.898. The molecule has 0 aromatic heterocycles. The second-order valence-corrected chi connectivity index (χ2v) is 4.23. The van der Waals surface area contributed by atoms with Crippen molar-refractivity contribution in [1.82, 2.24) is 0 Å². The van der Waals surface area contributed by atoms with Crippen LogP contribution < -0.4 is 5.32 Å². The van der Waals surface area contributed by atoms with E-state index in [1.165, 1.54) is 18.2 Å². The van der Waals surface area contributed by atoms with Gasteiger partial charge in [-0.05, 0) is 36.8 Å². The van der Waals surface area contributed by atoms with Gasteiger partial charge in [-0.3, -0.25) is 0 Å². The molecule has 0 unspecified atom stereocenters. The minimum absolute atomic E-state index is 0.0918. The third-order valence-corrected chi connectivity index (χ3v) is 2.67. The number of nitrogens with one attached hydrogen (secondary N) is 1. The molecule has 0 aliphatic rings. The van der Waals surface area contributed by atoms with Gasteiger partial charge in [-0.25, -0.2) is 18.0 Å². The summed E-state index contributed by atoms with van der Waals surface area (Å²) in [5.41, 5.74) is -0.502. The lowest BCUT2D eigenvalue weighted by Gasteiger charge is -2.11. The van der Waals surface area contributed by atoms with Crippen LogP contribution in [0.4, 0.5) is 24.5 Å². The van der Waals surface area contributed by atoms with Crippen molar-refractivity contribution in [2.75, 3.05) is 5.32 Å². The van der Waals surface area contributed by atoms with Crippen LogP contribution in [0, 0.1) is 24.4 Å². The highest BCUT2D eigenvalue weighted by Gasteiger charge is 2.16. The van der Waals surface area contributed by atoms with Crippen LogP contribution in [0.25, 0.3) is 0 Å². The van der Waals surface area contributed by atoms with Gasteiger partial charge in [0.05, 0.1) is 11.3 Å². The number of carbonyl (C=O) groups is 1. The van der Waals surface area contributed by atoms with E-state index in [0.717, 1.165) is 0 Å². The van der Waals surface area contributed by atoms with Gasteiger partial charge < -0.3 is 10.4 Å². The summed E-state index contributed by atoms with van der Waals surface area (Å²) in [5, 5.41) is 11.0. The number of hydrogen-bond acceptors (Lipinski definition) is 2. The van der Waals surface area contributed by atoms with Crippen molar-refractivity contribution < 1.29 is 23.1 Å². The molecule has 0 saturated heterocycles. The van der Waals surface area contributed by atoms with E-state index in [2.05, 4.69) is 5.32 Å². The third-order valence-electron chi connectivity index (χ3n) is 2.67. The van der Waals surface area contributed by atoms with Crippen LogP contribution in [-0.4, -0.2) is 11.1 Å². The normalized spacial score (nSPS) is 10.4. The monoisotopic (exact) mass is 281 g/mol. The number of aromatic carboxylic acids is 1. The zero-order valence-corrected chi connectivity index (χ0v) is 10.4. The Morgan fingerprint density at radius 2 is 1.65 bits per heavy atom. The average Bonchev–Trinajstić information content (AvgIpc) is 2.37. The Morgan fingerprint density at radius 3 is 2.20 bits per heavy atom. The number of carboxylic acid groups (broad SMARTS) is 1. The van der Waals surface area contributed by atoms with Crippen LogP contribution in [0.15, 0.2) is 30.3 Å². The Bertz CT molecular complexity index is 663. The lowest BCUT2D eigenvalue weighted by molar-refractivity contribution is 0.0696. The van der Waals surface area contributed by atoms with E-state index in [0.29, 0.717) is 17.7 Å². The first-order valence-corrected chi connectivity index (χ1v) is 5.64. The third kappa shape index (κ3) is 2.74. The lowest BCUT2D eigenvalue weighted by Crippen LogP contribution is -2.04. The lowest BCUT2D eigenvalue weighted by atomic mass is 10.1. The molecule has 3 nitrogen and oxygen atoms in total. The maximum Gasteiger partial charge on any atom is 0.335 e. The summed E-state index contributed by atoms with van der Waals surface area (Å²) in [4.78, 5) is 10.7. The van der Waals surface area contributed by atoms with Gasteiger partial charge in [-0.2, -0.15) is 0 Å². The van der Waals surface area contributed by atoms with Crippen molar-refractivity contribution in [3.63, 3.8) is 0 Å². The van der Waals surface area contributed by atoms with Crippen LogP contribution >= 0.6 is 0 Å². The molecule has 2 aromatic carbocycles. The molecule has 0 amide bonds. The summed E-state index contributed by atoms with van der Waals surface area (Å²) in [6.45, 7) is 1.70. The molecule has 0 bridgehead atoms. The number of halogens is 3. The molecule has 0 aliphatic heterocycles. The molecule has 20 heavy (non-hydrogen) atoms. The molecule has 0 fully saturated rings. The standard InChI is InChI=1S/C14H10F3NO2/c1-7-2-3-9(15)12(4-7)18-13-10(16)5-8(14(19)20)6-11(13)17/h2-6,18H,1H3,(H,19,20). The van der Waals surface area contributed by atoms with E-state index in [4.69, 9.17) is 5.11 Å². The molecule has 0 aliphatic carbocycles. The smallest absolute Gasteiger partial charge is 0.335 e. The fraction of sp³-hybridized carbons (Fsp3) is 0.0714. The Morgan fingerprint density at radius 1 is 1.05 bits per heavy atom. The van der Waals surface area contributed by atoms with Crippen molar-refractivity contribution in [1.29, 1.82) is 0 Å². The zero-order valence-electron chi connectivity index (χ0n) is 10.4. The fourth-order valence-electron chi connectivity index (χ4n) is 1.69. The van der Waals surface area contributed by atoms with E-state index < -0.39 is 34.7 Å². The Kier molecular flexibility index (Phi) is 3.65. The molecule has 2 rings (SSSR count). The van der Waals surface area contributed by atoms with Crippen LogP contribution in [-0.2, 0) is 0 Å². The van der Waals surface area contributed by atoms with Gasteiger partial charge in [-0.1, -0.05) is 6.07 Å². The number of benzene rings is 2. The molecule has 2 aromatic rings. The molecular formula is C14H10F3NO2. The minimum Gasteiger partial charge on any atom is -0.478 e. The van der Waals surface area contributed by atoms with Gasteiger partial charge >= 0.3 is 5.97 Å². The van der Waals surface area contributed by atoms with Gasteiger partial charge in [0.25, 0.3) is 0 Å². The summed E-state index contributed by atoms with van der Waals surface area (Å²) >= 11 is 0. The van der Waals surface area contributed by atoms with Crippen molar-refractivity contribution in [3.8, 4) is 0 Å². The van der Waals surface area contributed by atoms with E-state index in [-0.39, 0.29) is 5.69 Å². The highest BCUT2D eigenvalue weighted by atomic mass is 19.1. The number of hydrogen-bond donors (Lipinski definition) is 2. The Labute approximate surface area is 112 Å². The SMILES string of the molecule is Cc1ccc(F)c(Nc2c(F)cc(C(=O)O)cc2F)c1. The maximum atomic E-state index is 13.7. The second kappa shape index (κ2) is 5.24. The second-order valence-electron chi connectivity index (χ2n) is 4.23. The molecule has 0 radical (unpaired) electrons. The molecule has 104 valence electrons. The largest absolute Gasteiger partial charge is 0.478 e. The summed E-state index contributed by atoms with van der Waals surface area (Å²) in [5.74, 6) is -4.33. The minimum atomic E-state index is -1.45. The highest BCUT2D eigenvalue weighted by molar-refractivity contribution is 5.88. The first kappa shape index (κ1) is 13.9. The Balaban J connectivity index is 2.44. The van der Waals surface area contributed by atoms with E-state index in [1.54, 1.807) is 6.92 Å². The van der Waals surface area contributed by atoms with Gasteiger partial charge in [0.15, 0.2) is 11.6 Å². The maximum absolute atomic E-state index is 13.7. The molecular weight excluding hydrogens is 271 g/mol. The molecule has 0 spiro atoms. The first-order valence-electron chi connectivity index (χ1n) is 5.64. The van der Waals surface area contributed by atoms with Gasteiger partial charge in [0, 0.05) is 0 Å². The first-order chi connectivity index (χ1) is 9.38. The van der Waals surface area contributed by atoms with Gasteiger partial charge in [0.2, 0.25) is 0 Å². The highest BCUT2D eigenvalue weighted by Crippen LogP contribution is 2.27. The topological polar surface area (TPSA) is 49.3 Å². The molecule has 6 heteroatoms. The Hall–Kier alpha value is -2.50. The van der Waals surface area contributed by atoms with E-state index >= 15 is 0 Å². The fourth-order valence-corrected chi connectivity index (χ4v) is 1.69. The number of aryl methyl sites for hydroxylation is 1. The number of carboxylic acids is 1. The summed E-state index contributed by atoms with van der Waals surface area (Å²) < 4.78 is 40.9. The predicted molar refractivity (Wildman–Crippen MR) is 67.7 cm³/mol. The average molecular weight is 281 g/mol. The molecule has 0 heterocycles.